The lowest BCUT2D eigenvalue weighted by Gasteiger charge is -2.25. The number of halogens is 1. The van der Waals surface area contributed by atoms with Gasteiger partial charge in [0.15, 0.2) is 5.78 Å². The lowest BCUT2D eigenvalue weighted by atomic mass is 10.1. The maximum atomic E-state index is 13.1. The Balaban J connectivity index is 2.79. The van der Waals surface area contributed by atoms with Crippen LogP contribution in [0.2, 0.25) is 0 Å². The van der Waals surface area contributed by atoms with Crippen LogP contribution in [-0.2, 0) is 0 Å². The fourth-order valence-corrected chi connectivity index (χ4v) is 2.08. The van der Waals surface area contributed by atoms with Gasteiger partial charge in [0.25, 0.3) is 0 Å². The van der Waals surface area contributed by atoms with E-state index in [9.17, 15) is 14.3 Å². The third-order valence-corrected chi connectivity index (χ3v) is 3.22. The molecule has 1 aromatic carbocycles. The maximum absolute atomic E-state index is 13.1. The quantitative estimate of drug-likeness (QED) is 0.792. The highest BCUT2D eigenvalue weighted by Crippen LogP contribution is 2.19. The van der Waals surface area contributed by atoms with E-state index in [0.29, 0.717) is 6.04 Å². The van der Waals surface area contributed by atoms with Crippen molar-refractivity contribution in [2.24, 2.45) is 0 Å². The zero-order chi connectivity index (χ0) is 13.7. The third kappa shape index (κ3) is 3.53. The van der Waals surface area contributed by atoms with E-state index in [1.807, 2.05) is 11.9 Å². The summed E-state index contributed by atoms with van der Waals surface area (Å²) >= 11 is 0. The van der Waals surface area contributed by atoms with Gasteiger partial charge >= 0.3 is 0 Å². The molecular formula is C14H20FNO2. The lowest BCUT2D eigenvalue weighted by molar-refractivity contribution is 0.0912. The van der Waals surface area contributed by atoms with Crippen LogP contribution in [-0.4, -0.2) is 35.4 Å². The Hall–Kier alpha value is -1.42. The highest BCUT2D eigenvalue weighted by Gasteiger charge is 2.18. The summed E-state index contributed by atoms with van der Waals surface area (Å²) in [5, 5.41) is 9.57. The summed E-state index contributed by atoms with van der Waals surface area (Å²) in [6, 6.07) is 3.75. The van der Waals surface area contributed by atoms with E-state index in [1.165, 1.54) is 6.07 Å². The number of phenolic OH excluding ortho intramolecular Hbond substituents is 1. The third-order valence-electron chi connectivity index (χ3n) is 3.22. The van der Waals surface area contributed by atoms with Crippen molar-refractivity contribution < 1.29 is 14.3 Å². The van der Waals surface area contributed by atoms with E-state index in [0.717, 1.165) is 25.0 Å². The number of benzene rings is 1. The fraction of sp³-hybridized carbons (Fsp3) is 0.500. The van der Waals surface area contributed by atoms with Crippen molar-refractivity contribution in [3.63, 3.8) is 0 Å². The van der Waals surface area contributed by atoms with Crippen LogP contribution >= 0.6 is 0 Å². The summed E-state index contributed by atoms with van der Waals surface area (Å²) < 4.78 is 13.1. The second kappa shape index (κ2) is 6.50. The van der Waals surface area contributed by atoms with E-state index < -0.39 is 5.82 Å². The van der Waals surface area contributed by atoms with Crippen LogP contribution in [0, 0.1) is 5.82 Å². The number of rotatable bonds is 6. The number of aromatic hydroxyl groups is 1. The first-order chi connectivity index (χ1) is 8.49. The van der Waals surface area contributed by atoms with Gasteiger partial charge in [-0.1, -0.05) is 13.8 Å². The van der Waals surface area contributed by atoms with Gasteiger partial charge < -0.3 is 5.11 Å². The van der Waals surface area contributed by atoms with Crippen molar-refractivity contribution in [2.45, 2.75) is 32.7 Å². The summed E-state index contributed by atoms with van der Waals surface area (Å²) in [5.74, 6) is -0.943. The molecular weight excluding hydrogens is 233 g/mol. The van der Waals surface area contributed by atoms with Gasteiger partial charge in [0.2, 0.25) is 0 Å². The average molecular weight is 253 g/mol. The highest BCUT2D eigenvalue weighted by molar-refractivity contribution is 6.00. The first-order valence-corrected chi connectivity index (χ1v) is 6.21. The minimum absolute atomic E-state index is 0.0489. The Bertz CT molecular complexity index is 416. The van der Waals surface area contributed by atoms with E-state index in [4.69, 9.17) is 0 Å². The van der Waals surface area contributed by atoms with Crippen LogP contribution in [0.25, 0.3) is 0 Å². The minimum Gasteiger partial charge on any atom is -0.507 e. The molecule has 0 heterocycles. The van der Waals surface area contributed by atoms with Gasteiger partial charge in [0.1, 0.15) is 11.6 Å². The zero-order valence-electron chi connectivity index (χ0n) is 11.1. The lowest BCUT2D eigenvalue weighted by Crippen LogP contribution is -2.35. The van der Waals surface area contributed by atoms with Gasteiger partial charge in [-0.25, -0.2) is 4.39 Å². The van der Waals surface area contributed by atoms with E-state index in [2.05, 4.69) is 13.8 Å². The Kier molecular flexibility index (Phi) is 5.28. The first-order valence-electron chi connectivity index (χ1n) is 6.21. The van der Waals surface area contributed by atoms with Gasteiger partial charge in [-0.15, -0.1) is 0 Å². The molecule has 0 aliphatic rings. The van der Waals surface area contributed by atoms with Gasteiger partial charge in [0.05, 0.1) is 12.1 Å². The largest absolute Gasteiger partial charge is 0.507 e. The summed E-state index contributed by atoms with van der Waals surface area (Å²) in [5.41, 5.74) is 0.0489. The van der Waals surface area contributed by atoms with Crippen molar-refractivity contribution in [3.8, 4) is 5.75 Å². The average Bonchev–Trinajstić information content (AvgIpc) is 2.33. The van der Waals surface area contributed by atoms with E-state index >= 15 is 0 Å². The number of carbonyl (C=O) groups excluding carboxylic acids is 1. The van der Waals surface area contributed by atoms with Crippen molar-refractivity contribution in [1.82, 2.24) is 4.90 Å². The predicted molar refractivity (Wildman–Crippen MR) is 69.4 cm³/mol. The molecule has 1 aromatic rings. The number of hydrogen-bond donors (Lipinski definition) is 1. The van der Waals surface area contributed by atoms with E-state index in [-0.39, 0.29) is 23.6 Å². The molecule has 0 bridgehead atoms. The van der Waals surface area contributed by atoms with Gasteiger partial charge in [-0.2, -0.15) is 0 Å². The number of carbonyl (C=O) groups is 1. The molecule has 0 aliphatic carbocycles. The number of ketones is 1. The Morgan fingerprint density at radius 3 is 2.56 bits per heavy atom. The zero-order valence-corrected chi connectivity index (χ0v) is 11.1. The number of Topliss-reactive ketones (excluding diaryl/α,β-unsaturated/α-hetero) is 1. The normalized spacial score (nSPS) is 11.2. The molecule has 0 radical (unpaired) electrons. The molecule has 1 rings (SSSR count). The van der Waals surface area contributed by atoms with Gasteiger partial charge in [0, 0.05) is 6.04 Å². The SMILES string of the molecule is CCC(CC)N(C)CC(=O)c1cc(F)ccc1O. The second-order valence-corrected chi connectivity index (χ2v) is 4.47. The molecule has 100 valence electrons. The van der Waals surface area contributed by atoms with Gasteiger partial charge in [-0.05, 0) is 38.1 Å². The van der Waals surface area contributed by atoms with E-state index in [1.54, 1.807) is 0 Å². The molecule has 0 aliphatic heterocycles. The molecule has 18 heavy (non-hydrogen) atoms. The molecule has 4 heteroatoms. The minimum atomic E-state index is -0.513. The molecule has 0 amide bonds. The molecule has 0 aromatic heterocycles. The highest BCUT2D eigenvalue weighted by atomic mass is 19.1. The van der Waals surface area contributed by atoms with Crippen molar-refractivity contribution in [3.05, 3.63) is 29.6 Å². The topological polar surface area (TPSA) is 40.5 Å². The van der Waals surface area contributed by atoms with Crippen LogP contribution in [0.15, 0.2) is 18.2 Å². The molecule has 0 saturated carbocycles. The van der Waals surface area contributed by atoms with Crippen LogP contribution in [0.1, 0.15) is 37.0 Å². The van der Waals surface area contributed by atoms with Crippen LogP contribution in [0.3, 0.4) is 0 Å². The molecule has 0 spiro atoms. The smallest absolute Gasteiger partial charge is 0.180 e. The monoisotopic (exact) mass is 253 g/mol. The van der Waals surface area contributed by atoms with Crippen LogP contribution < -0.4 is 0 Å². The second-order valence-electron chi connectivity index (χ2n) is 4.47. The first kappa shape index (κ1) is 14.6. The molecule has 0 unspecified atom stereocenters. The van der Waals surface area contributed by atoms with Crippen LogP contribution in [0.4, 0.5) is 4.39 Å². The Morgan fingerprint density at radius 1 is 1.39 bits per heavy atom. The molecule has 0 atom stereocenters. The standard InChI is InChI=1S/C14H20FNO2/c1-4-11(5-2)16(3)9-14(18)12-8-10(15)6-7-13(12)17/h6-8,11,17H,4-5,9H2,1-3H3. The molecule has 1 N–H and O–H groups in total. The summed E-state index contributed by atoms with van der Waals surface area (Å²) in [7, 11) is 1.87. The maximum Gasteiger partial charge on any atom is 0.180 e. The number of phenols is 1. The number of hydrogen-bond acceptors (Lipinski definition) is 3. The number of likely N-dealkylation sites (N-methyl/N-ethyl adjacent to an activating group) is 1. The molecule has 0 fully saturated rings. The van der Waals surface area contributed by atoms with Crippen molar-refractivity contribution >= 4 is 5.78 Å². The predicted octanol–water partition coefficient (Wildman–Crippen LogP) is 2.83. The summed E-state index contributed by atoms with van der Waals surface area (Å²) in [4.78, 5) is 13.9. The Labute approximate surface area is 107 Å². The van der Waals surface area contributed by atoms with Crippen molar-refractivity contribution in [1.29, 1.82) is 0 Å². The Morgan fingerprint density at radius 2 is 2.00 bits per heavy atom. The van der Waals surface area contributed by atoms with Gasteiger partial charge in [-0.3, -0.25) is 9.69 Å². The summed E-state index contributed by atoms with van der Waals surface area (Å²) in [6.45, 7) is 4.31. The fourth-order valence-electron chi connectivity index (χ4n) is 2.08. The molecule has 0 saturated heterocycles. The molecule has 3 nitrogen and oxygen atoms in total. The van der Waals surface area contributed by atoms with Crippen LogP contribution in [0.5, 0.6) is 5.75 Å². The number of nitrogens with zero attached hydrogens (tertiary/aromatic N) is 1. The van der Waals surface area contributed by atoms with Crippen molar-refractivity contribution in [2.75, 3.05) is 13.6 Å². The summed E-state index contributed by atoms with van der Waals surface area (Å²) in [6.07, 6.45) is 1.91.